The van der Waals surface area contributed by atoms with Crippen LogP contribution in [0.3, 0.4) is 0 Å². The number of esters is 1. The zero-order valence-electron chi connectivity index (χ0n) is 12.8. The van der Waals surface area contributed by atoms with Gasteiger partial charge in [-0.25, -0.2) is 4.79 Å². The number of phenolic OH excluding ortho intramolecular Hbond substituents is 1. The van der Waals surface area contributed by atoms with Gasteiger partial charge in [-0.2, -0.15) is 0 Å². The molecule has 0 radical (unpaired) electrons. The highest BCUT2D eigenvalue weighted by molar-refractivity contribution is 5.89. The van der Waals surface area contributed by atoms with Crippen LogP contribution in [0.2, 0.25) is 0 Å². The minimum Gasteiger partial charge on any atom is -0.508 e. The third-order valence-electron chi connectivity index (χ3n) is 3.28. The molecule has 0 fully saturated rings. The number of hydrogen-bond acceptors (Lipinski definition) is 5. The molecule has 0 saturated heterocycles. The van der Waals surface area contributed by atoms with Crippen molar-refractivity contribution in [3.05, 3.63) is 53.1 Å². The van der Waals surface area contributed by atoms with E-state index in [-0.39, 0.29) is 12.4 Å². The Balaban J connectivity index is 2.13. The molecule has 2 rings (SSSR count). The summed E-state index contributed by atoms with van der Waals surface area (Å²) in [5.41, 5.74) is 2.06. The predicted octanol–water partition coefficient (Wildman–Crippen LogP) is 3.07. The van der Waals surface area contributed by atoms with Crippen molar-refractivity contribution in [1.82, 2.24) is 0 Å². The van der Waals surface area contributed by atoms with Gasteiger partial charge in [0.15, 0.2) is 11.5 Å². The smallest absolute Gasteiger partial charge is 0.338 e. The van der Waals surface area contributed by atoms with Gasteiger partial charge in [0.25, 0.3) is 0 Å². The molecule has 2 aromatic rings. The van der Waals surface area contributed by atoms with E-state index in [2.05, 4.69) is 0 Å². The molecule has 5 nitrogen and oxygen atoms in total. The first-order valence-corrected chi connectivity index (χ1v) is 6.72. The molecule has 0 atom stereocenters. The fourth-order valence-electron chi connectivity index (χ4n) is 2.04. The molecule has 1 N–H and O–H groups in total. The van der Waals surface area contributed by atoms with E-state index in [1.54, 1.807) is 32.4 Å². The molecule has 0 aliphatic carbocycles. The van der Waals surface area contributed by atoms with Crippen molar-refractivity contribution in [2.75, 3.05) is 14.2 Å². The van der Waals surface area contributed by atoms with E-state index in [9.17, 15) is 9.90 Å². The first kappa shape index (κ1) is 15.7. The van der Waals surface area contributed by atoms with Crippen LogP contribution in [-0.2, 0) is 11.3 Å². The third kappa shape index (κ3) is 3.49. The lowest BCUT2D eigenvalue weighted by Gasteiger charge is -2.13. The van der Waals surface area contributed by atoms with Crippen molar-refractivity contribution in [3.63, 3.8) is 0 Å². The summed E-state index contributed by atoms with van der Waals surface area (Å²) in [5, 5.41) is 9.38. The van der Waals surface area contributed by atoms with Gasteiger partial charge in [-0.15, -0.1) is 0 Å². The van der Waals surface area contributed by atoms with Crippen LogP contribution in [0, 0.1) is 6.92 Å². The molecule has 0 unspecified atom stereocenters. The second-order valence-corrected chi connectivity index (χ2v) is 4.76. The lowest BCUT2D eigenvalue weighted by atomic mass is 10.1. The third-order valence-corrected chi connectivity index (χ3v) is 3.28. The van der Waals surface area contributed by atoms with E-state index in [1.807, 2.05) is 13.0 Å². The second-order valence-electron chi connectivity index (χ2n) is 4.76. The van der Waals surface area contributed by atoms with E-state index in [0.717, 1.165) is 11.1 Å². The fourth-order valence-corrected chi connectivity index (χ4v) is 2.04. The molecule has 0 aliphatic rings. The average molecular weight is 302 g/mol. The molecular weight excluding hydrogens is 284 g/mol. The number of methoxy groups -OCH3 is 2. The highest BCUT2D eigenvalue weighted by atomic mass is 16.5. The average Bonchev–Trinajstić information content (AvgIpc) is 2.53. The Morgan fingerprint density at radius 3 is 2.41 bits per heavy atom. The topological polar surface area (TPSA) is 65.0 Å². The zero-order chi connectivity index (χ0) is 16.1. The maximum atomic E-state index is 12.0. The van der Waals surface area contributed by atoms with Crippen LogP contribution in [-0.4, -0.2) is 25.3 Å². The summed E-state index contributed by atoms with van der Waals surface area (Å²) in [5.74, 6) is 0.737. The molecule has 0 aromatic heterocycles. The minimum atomic E-state index is -0.495. The number of benzene rings is 2. The first-order chi connectivity index (χ1) is 10.5. The lowest BCUT2D eigenvalue weighted by molar-refractivity contribution is 0.0471. The highest BCUT2D eigenvalue weighted by Crippen LogP contribution is 2.30. The number of hydrogen-bond donors (Lipinski definition) is 1. The molecule has 0 heterocycles. The van der Waals surface area contributed by atoms with E-state index in [1.165, 1.54) is 12.1 Å². The summed E-state index contributed by atoms with van der Waals surface area (Å²) in [7, 11) is 3.12. The van der Waals surface area contributed by atoms with Gasteiger partial charge in [-0.3, -0.25) is 0 Å². The lowest BCUT2D eigenvalue weighted by Crippen LogP contribution is -2.06. The van der Waals surface area contributed by atoms with Crippen molar-refractivity contribution in [1.29, 1.82) is 0 Å². The van der Waals surface area contributed by atoms with Crippen LogP contribution in [0.4, 0.5) is 0 Å². The molecule has 0 aliphatic heterocycles. The zero-order valence-corrected chi connectivity index (χ0v) is 12.8. The van der Waals surface area contributed by atoms with Crippen LogP contribution in [0.5, 0.6) is 17.2 Å². The van der Waals surface area contributed by atoms with Crippen molar-refractivity contribution in [2.45, 2.75) is 13.5 Å². The molecule has 5 heteroatoms. The summed E-state index contributed by atoms with van der Waals surface area (Å²) >= 11 is 0. The van der Waals surface area contributed by atoms with E-state index in [0.29, 0.717) is 17.1 Å². The minimum absolute atomic E-state index is 0.0248. The molecule has 0 spiro atoms. The van der Waals surface area contributed by atoms with Crippen molar-refractivity contribution in [2.24, 2.45) is 0 Å². The highest BCUT2D eigenvalue weighted by Gasteiger charge is 2.12. The summed E-state index contributed by atoms with van der Waals surface area (Å²) in [4.78, 5) is 12.0. The van der Waals surface area contributed by atoms with Gasteiger partial charge in [0.1, 0.15) is 12.4 Å². The van der Waals surface area contributed by atoms with Crippen molar-refractivity contribution < 1.29 is 24.1 Å². The fraction of sp³-hybridized carbons (Fsp3) is 0.235. The molecule has 116 valence electrons. The van der Waals surface area contributed by atoms with Crippen LogP contribution in [0.1, 0.15) is 21.5 Å². The standard InChI is InChI=1S/C17H18O5/c1-11-7-15(20-2)16(21-3)9-13(11)10-22-17(19)12-5-4-6-14(18)8-12/h4-9,18H,10H2,1-3H3. The van der Waals surface area contributed by atoms with E-state index in [4.69, 9.17) is 14.2 Å². The van der Waals surface area contributed by atoms with Gasteiger partial charge >= 0.3 is 5.97 Å². The number of carbonyl (C=O) groups is 1. The van der Waals surface area contributed by atoms with Gasteiger partial charge < -0.3 is 19.3 Å². The quantitative estimate of drug-likeness (QED) is 0.860. The van der Waals surface area contributed by atoms with Crippen LogP contribution in [0.15, 0.2) is 36.4 Å². The molecule has 22 heavy (non-hydrogen) atoms. The van der Waals surface area contributed by atoms with Crippen LogP contribution < -0.4 is 9.47 Å². The SMILES string of the molecule is COc1cc(C)c(COC(=O)c2cccc(O)c2)cc1OC. The number of aryl methyl sites for hydroxylation is 1. The Morgan fingerprint density at radius 2 is 1.77 bits per heavy atom. The van der Waals surface area contributed by atoms with Gasteiger partial charge in [-0.05, 0) is 48.4 Å². The maximum absolute atomic E-state index is 12.0. The monoisotopic (exact) mass is 302 g/mol. The number of ether oxygens (including phenoxy) is 3. The number of phenols is 1. The van der Waals surface area contributed by atoms with E-state index < -0.39 is 5.97 Å². The van der Waals surface area contributed by atoms with Crippen LogP contribution in [0.25, 0.3) is 0 Å². The van der Waals surface area contributed by atoms with Crippen molar-refractivity contribution >= 4 is 5.97 Å². The summed E-state index contributed by atoms with van der Waals surface area (Å²) < 4.78 is 15.7. The number of aromatic hydroxyl groups is 1. The molecule has 0 saturated carbocycles. The van der Waals surface area contributed by atoms with Gasteiger partial charge in [0.05, 0.1) is 19.8 Å². The molecule has 0 amide bonds. The summed E-state index contributed by atoms with van der Waals surface area (Å²) in [6, 6.07) is 9.65. The Hall–Kier alpha value is -2.69. The Morgan fingerprint density at radius 1 is 1.09 bits per heavy atom. The predicted molar refractivity (Wildman–Crippen MR) is 81.5 cm³/mol. The first-order valence-electron chi connectivity index (χ1n) is 6.72. The molecular formula is C17H18O5. The van der Waals surface area contributed by atoms with Gasteiger partial charge in [0.2, 0.25) is 0 Å². The largest absolute Gasteiger partial charge is 0.508 e. The molecule has 2 aromatic carbocycles. The van der Waals surface area contributed by atoms with Crippen LogP contribution >= 0.6 is 0 Å². The van der Waals surface area contributed by atoms with Crippen molar-refractivity contribution in [3.8, 4) is 17.2 Å². The second kappa shape index (κ2) is 6.85. The van der Waals surface area contributed by atoms with E-state index >= 15 is 0 Å². The summed E-state index contributed by atoms with van der Waals surface area (Å²) in [6.07, 6.45) is 0. The molecule has 0 bridgehead atoms. The Labute approximate surface area is 129 Å². The van der Waals surface area contributed by atoms with Gasteiger partial charge in [0, 0.05) is 0 Å². The number of carbonyl (C=O) groups excluding carboxylic acids is 1. The van der Waals surface area contributed by atoms with Gasteiger partial charge in [-0.1, -0.05) is 6.07 Å². The number of rotatable bonds is 5. The Bertz CT molecular complexity index is 679. The normalized spacial score (nSPS) is 10.1. The summed E-state index contributed by atoms with van der Waals surface area (Å²) in [6.45, 7) is 2.01. The Kier molecular flexibility index (Phi) is 4.88. The maximum Gasteiger partial charge on any atom is 0.338 e.